The molecule has 8 nitrogen and oxygen atoms in total. The molecule has 2 aliphatic carbocycles. The van der Waals surface area contributed by atoms with Gasteiger partial charge >= 0.3 is 0 Å². The minimum Gasteiger partial charge on any atom is -0.342 e. The number of nitrogens with zero attached hydrogens (tertiary/aromatic N) is 3. The van der Waals surface area contributed by atoms with Crippen LogP contribution in [0.4, 0.5) is 16.0 Å². The molecule has 0 saturated heterocycles. The van der Waals surface area contributed by atoms with Gasteiger partial charge in [0, 0.05) is 47.1 Å². The van der Waals surface area contributed by atoms with Crippen LogP contribution in [0.2, 0.25) is 0 Å². The molecular weight excluding hydrogens is 615 g/mol. The van der Waals surface area contributed by atoms with Gasteiger partial charge in [-0.1, -0.05) is 87.9 Å². The number of carbonyl (C=O) groups is 2. The third kappa shape index (κ3) is 4.53. The Kier molecular flexibility index (Phi) is 6.81. The monoisotopic (exact) mass is 658 g/mol. The van der Waals surface area contributed by atoms with Gasteiger partial charge in [-0.05, 0) is 55.1 Å². The number of rotatable bonds is 5. The van der Waals surface area contributed by atoms with Gasteiger partial charge in [0.1, 0.15) is 0 Å². The molecule has 2 aliphatic heterocycles. The number of H-pyrrole nitrogens is 1. The highest BCUT2D eigenvalue weighted by atomic mass is 19.1. The molecule has 0 amide bonds. The summed E-state index contributed by atoms with van der Waals surface area (Å²) < 4.78 is 18.6. The van der Waals surface area contributed by atoms with E-state index in [0.717, 1.165) is 39.2 Å². The van der Waals surface area contributed by atoms with E-state index in [9.17, 15) is 9.59 Å². The first kappa shape index (κ1) is 31.5. The van der Waals surface area contributed by atoms with Crippen LogP contribution in [0.15, 0.2) is 83.3 Å². The third-order valence-electron chi connectivity index (χ3n) is 11.5. The first-order valence-corrected chi connectivity index (χ1v) is 17.3. The fraction of sp³-hybridized carbons (Fsp3) is 0.400. The fourth-order valence-corrected chi connectivity index (χ4v) is 9.48. The maximum atomic E-state index is 17.1. The molecule has 252 valence electrons. The third-order valence-corrected chi connectivity index (χ3v) is 11.5. The van der Waals surface area contributed by atoms with Gasteiger partial charge in [0.05, 0.1) is 22.9 Å². The van der Waals surface area contributed by atoms with Crippen LogP contribution in [0.5, 0.6) is 0 Å². The number of hydrogen-bond donors (Lipinski definition) is 3. The zero-order valence-electron chi connectivity index (χ0n) is 29.1. The Morgan fingerprint density at radius 2 is 1.53 bits per heavy atom. The molecule has 49 heavy (non-hydrogen) atoms. The standard InChI is InChI=1S/C40H43FN6O2/c1-7-40(24-13-9-8-10-14-24)26-21-42-45-35(26)43-28-18-38(5,20-30(49)32(28)40)22-47-34(41)33-36(46-47)44-27-17-37(3,4)19-29(48)31(27)39(33,6)25-15-11-12-23(2)16-25/h8-16,21H,7,17-20,22H2,1-6H3,(H,44,46)(H2,42,43,45)/t38?,39-,40-/m0/s1. The Balaban J connectivity index is 1.22. The largest absolute Gasteiger partial charge is 0.342 e. The molecule has 4 aromatic rings. The number of halogens is 1. The van der Waals surface area contributed by atoms with Gasteiger partial charge in [-0.15, -0.1) is 0 Å². The number of aromatic nitrogens is 4. The quantitative estimate of drug-likeness (QED) is 0.202. The summed E-state index contributed by atoms with van der Waals surface area (Å²) in [6, 6.07) is 18.2. The van der Waals surface area contributed by atoms with Gasteiger partial charge in [-0.2, -0.15) is 14.6 Å². The van der Waals surface area contributed by atoms with Crippen molar-refractivity contribution in [3.8, 4) is 0 Å². The number of benzene rings is 2. The van der Waals surface area contributed by atoms with Crippen molar-refractivity contribution < 1.29 is 14.0 Å². The predicted molar refractivity (Wildman–Crippen MR) is 188 cm³/mol. The van der Waals surface area contributed by atoms with Crippen LogP contribution in [-0.4, -0.2) is 31.5 Å². The Morgan fingerprint density at radius 1 is 0.837 bits per heavy atom. The summed E-state index contributed by atoms with van der Waals surface area (Å²) in [7, 11) is 0. The summed E-state index contributed by atoms with van der Waals surface area (Å²) in [4.78, 5) is 28.4. The molecular formula is C40H43FN6O2. The van der Waals surface area contributed by atoms with Crippen LogP contribution < -0.4 is 10.6 Å². The number of allylic oxidation sites excluding steroid dienone is 4. The van der Waals surface area contributed by atoms with Crippen LogP contribution in [0.1, 0.15) is 94.5 Å². The molecule has 0 saturated carbocycles. The van der Waals surface area contributed by atoms with Gasteiger partial charge < -0.3 is 10.6 Å². The average molecular weight is 659 g/mol. The number of nitrogens with one attached hydrogen (secondary N) is 3. The molecule has 0 fully saturated rings. The lowest BCUT2D eigenvalue weighted by molar-refractivity contribution is -0.120. The number of Topliss-reactive ketones (excluding diaryl/α,β-unsaturated/α-hetero) is 2. The lowest BCUT2D eigenvalue weighted by Gasteiger charge is -2.45. The highest BCUT2D eigenvalue weighted by Gasteiger charge is 2.53. The van der Waals surface area contributed by atoms with Crippen LogP contribution in [-0.2, 0) is 27.0 Å². The maximum Gasteiger partial charge on any atom is 0.218 e. The fourth-order valence-electron chi connectivity index (χ4n) is 9.48. The second-order valence-electron chi connectivity index (χ2n) is 15.9. The smallest absolute Gasteiger partial charge is 0.218 e. The van der Waals surface area contributed by atoms with Crippen LogP contribution in [0.25, 0.3) is 0 Å². The Bertz CT molecular complexity index is 2120. The van der Waals surface area contributed by atoms with E-state index in [1.54, 1.807) is 0 Å². The molecule has 3 atom stereocenters. The summed E-state index contributed by atoms with van der Waals surface area (Å²) in [5, 5.41) is 19.3. The van der Waals surface area contributed by atoms with E-state index in [-0.39, 0.29) is 29.9 Å². The summed E-state index contributed by atoms with van der Waals surface area (Å²) in [6.07, 6.45) is 4.39. The van der Waals surface area contributed by atoms with E-state index in [1.807, 2.05) is 69.4 Å². The lowest BCUT2D eigenvalue weighted by atomic mass is 9.60. The molecule has 4 heterocycles. The van der Waals surface area contributed by atoms with E-state index in [1.165, 1.54) is 4.68 Å². The van der Waals surface area contributed by atoms with E-state index >= 15 is 4.39 Å². The second-order valence-corrected chi connectivity index (χ2v) is 15.9. The summed E-state index contributed by atoms with van der Waals surface area (Å²) in [6.45, 7) is 12.5. The van der Waals surface area contributed by atoms with Crippen molar-refractivity contribution in [1.82, 2.24) is 20.0 Å². The summed E-state index contributed by atoms with van der Waals surface area (Å²) in [5.41, 5.74) is 4.75. The minimum absolute atomic E-state index is 0.0313. The number of hydrogen-bond acceptors (Lipinski definition) is 6. The van der Waals surface area contributed by atoms with E-state index < -0.39 is 22.2 Å². The van der Waals surface area contributed by atoms with Gasteiger partial charge in [-0.25, -0.2) is 4.68 Å². The van der Waals surface area contributed by atoms with Crippen LogP contribution in [0, 0.1) is 23.7 Å². The second kappa shape index (κ2) is 10.6. The molecule has 0 radical (unpaired) electrons. The Hall–Kier alpha value is -4.79. The van der Waals surface area contributed by atoms with Crippen molar-refractivity contribution in [2.75, 3.05) is 10.6 Å². The molecule has 1 unspecified atom stereocenters. The summed E-state index contributed by atoms with van der Waals surface area (Å²) in [5.74, 6) is 0.733. The maximum absolute atomic E-state index is 17.1. The van der Waals surface area contributed by atoms with Crippen molar-refractivity contribution in [3.63, 3.8) is 0 Å². The van der Waals surface area contributed by atoms with Crippen molar-refractivity contribution >= 4 is 23.2 Å². The van der Waals surface area contributed by atoms with E-state index in [4.69, 9.17) is 5.10 Å². The average Bonchev–Trinajstić information content (AvgIpc) is 3.63. The molecule has 0 spiro atoms. The molecule has 2 aromatic heterocycles. The van der Waals surface area contributed by atoms with Gasteiger partial charge in [-0.3, -0.25) is 14.7 Å². The number of aryl methyl sites for hydroxylation is 1. The number of fused-ring (bicyclic) bond motifs is 2. The summed E-state index contributed by atoms with van der Waals surface area (Å²) >= 11 is 0. The number of anilines is 2. The van der Waals surface area contributed by atoms with Crippen LogP contribution >= 0.6 is 0 Å². The predicted octanol–water partition coefficient (Wildman–Crippen LogP) is 7.87. The first-order valence-electron chi connectivity index (χ1n) is 17.3. The Morgan fingerprint density at radius 3 is 2.27 bits per heavy atom. The van der Waals surface area contributed by atoms with E-state index in [0.29, 0.717) is 48.5 Å². The number of aromatic amines is 1. The number of carbonyl (C=O) groups excluding carboxylic acids is 2. The molecule has 9 heteroatoms. The van der Waals surface area contributed by atoms with Gasteiger partial charge in [0.15, 0.2) is 23.2 Å². The van der Waals surface area contributed by atoms with E-state index in [2.05, 4.69) is 53.7 Å². The first-order chi connectivity index (χ1) is 23.3. The van der Waals surface area contributed by atoms with Crippen molar-refractivity contribution in [2.24, 2.45) is 10.8 Å². The molecule has 2 aromatic carbocycles. The minimum atomic E-state index is -1.03. The topological polar surface area (TPSA) is 105 Å². The normalized spacial score (nSPS) is 27.2. The zero-order valence-corrected chi connectivity index (χ0v) is 29.1. The highest BCUT2D eigenvalue weighted by molar-refractivity contribution is 6.03. The van der Waals surface area contributed by atoms with Crippen molar-refractivity contribution in [1.29, 1.82) is 0 Å². The zero-order chi connectivity index (χ0) is 34.5. The van der Waals surface area contributed by atoms with Crippen molar-refractivity contribution in [2.45, 2.75) is 91.0 Å². The Labute approximate surface area is 286 Å². The lowest BCUT2D eigenvalue weighted by Crippen LogP contribution is -2.45. The van der Waals surface area contributed by atoms with Gasteiger partial charge in [0.2, 0.25) is 5.95 Å². The SMILES string of the molecule is CC[C@@]1(c2ccccc2)C2=C(CC(C)(Cn3nc4c(c3F)[C@@](C)(c3cccc(C)c3)C3=C(CC(C)(C)CC3=O)N4)CC2=O)Nc2n[nH]cc21. The molecule has 8 rings (SSSR count). The van der Waals surface area contributed by atoms with Gasteiger partial charge in [0.25, 0.3) is 0 Å². The molecule has 3 N–H and O–H groups in total. The van der Waals surface area contributed by atoms with Crippen molar-refractivity contribution in [3.05, 3.63) is 117 Å². The number of ketones is 2. The highest BCUT2D eigenvalue weighted by Crippen LogP contribution is 2.56. The van der Waals surface area contributed by atoms with Crippen LogP contribution in [0.3, 0.4) is 0 Å². The molecule has 4 aliphatic rings. The molecule has 0 bridgehead atoms.